The van der Waals surface area contributed by atoms with Crippen LogP contribution in [0.1, 0.15) is 36.6 Å². The zero-order valence-corrected chi connectivity index (χ0v) is 19.3. The number of nitrogens with zero attached hydrogens (tertiary/aromatic N) is 2. The summed E-state index contributed by atoms with van der Waals surface area (Å²) in [5, 5.41) is 11.1. The second-order valence-corrected chi connectivity index (χ2v) is 8.25. The van der Waals surface area contributed by atoms with E-state index in [0.717, 1.165) is 5.56 Å². The second-order valence-electron chi connectivity index (χ2n) is 8.25. The third-order valence-corrected chi connectivity index (χ3v) is 5.57. The summed E-state index contributed by atoms with van der Waals surface area (Å²) in [6.45, 7) is 4.06. The number of ketones is 1. The summed E-state index contributed by atoms with van der Waals surface area (Å²) in [6, 6.07) is 17.0. The number of hydrogen-bond donors (Lipinski definition) is 1. The Morgan fingerprint density at radius 3 is 2.18 bits per heavy atom. The maximum Gasteiger partial charge on any atom is 0.295 e. The van der Waals surface area contributed by atoms with Crippen LogP contribution in [0, 0.1) is 0 Å². The number of hydrogen-bond acceptors (Lipinski definition) is 6. The molecule has 0 radical (unpaired) electrons. The first-order valence-electron chi connectivity index (χ1n) is 11.0. The molecule has 0 spiro atoms. The van der Waals surface area contributed by atoms with Crippen LogP contribution >= 0.6 is 0 Å². The Bertz CT molecular complexity index is 1200. The van der Waals surface area contributed by atoms with Gasteiger partial charge in [-0.15, -0.1) is 0 Å². The fraction of sp³-hybridized carbons (Fsp3) is 0.222. The van der Waals surface area contributed by atoms with Crippen molar-refractivity contribution >= 4 is 17.4 Å². The third kappa shape index (κ3) is 4.64. The number of methoxy groups -OCH3 is 1. The molecule has 1 aromatic heterocycles. The van der Waals surface area contributed by atoms with Gasteiger partial charge in [0.05, 0.1) is 24.8 Å². The van der Waals surface area contributed by atoms with E-state index in [0.29, 0.717) is 22.6 Å². The normalized spacial score (nSPS) is 17.3. The van der Waals surface area contributed by atoms with Crippen molar-refractivity contribution in [1.29, 1.82) is 0 Å². The lowest BCUT2D eigenvalue weighted by molar-refractivity contribution is -0.140. The van der Waals surface area contributed by atoms with E-state index in [2.05, 4.69) is 4.98 Å². The van der Waals surface area contributed by atoms with E-state index in [1.807, 2.05) is 38.1 Å². The largest absolute Gasteiger partial charge is 0.507 e. The van der Waals surface area contributed by atoms with E-state index < -0.39 is 17.7 Å². The van der Waals surface area contributed by atoms with Gasteiger partial charge in [0, 0.05) is 24.5 Å². The standard InChI is InChI=1S/C27H26N2O5/c1-17(2)34-22-10-6-19(7-11-22)24-23(25(30)20-12-14-28-15-13-20)26(31)27(32)29(24)16-18-4-8-21(33-3)9-5-18/h4-15,17,24,30H,16H2,1-3H3/b25-23-. The van der Waals surface area contributed by atoms with Crippen molar-refractivity contribution in [3.05, 3.63) is 95.3 Å². The molecule has 0 bridgehead atoms. The van der Waals surface area contributed by atoms with Crippen molar-refractivity contribution in [3.63, 3.8) is 0 Å². The van der Waals surface area contributed by atoms with E-state index in [1.54, 1.807) is 43.5 Å². The number of aromatic nitrogens is 1. The first-order valence-corrected chi connectivity index (χ1v) is 11.0. The number of amides is 1. The van der Waals surface area contributed by atoms with Crippen LogP contribution < -0.4 is 9.47 Å². The molecule has 1 aliphatic heterocycles. The lowest BCUT2D eigenvalue weighted by Gasteiger charge is -2.26. The number of benzene rings is 2. The van der Waals surface area contributed by atoms with E-state index >= 15 is 0 Å². The summed E-state index contributed by atoms with van der Waals surface area (Å²) < 4.78 is 10.9. The fourth-order valence-corrected chi connectivity index (χ4v) is 3.98. The van der Waals surface area contributed by atoms with Gasteiger partial charge in [-0.3, -0.25) is 14.6 Å². The quantitative estimate of drug-likeness (QED) is 0.319. The summed E-state index contributed by atoms with van der Waals surface area (Å²) in [7, 11) is 1.58. The molecule has 0 aliphatic carbocycles. The van der Waals surface area contributed by atoms with Crippen LogP contribution in [0.4, 0.5) is 0 Å². The Hall–Kier alpha value is -4.13. The van der Waals surface area contributed by atoms with Gasteiger partial charge in [0.25, 0.3) is 11.7 Å². The van der Waals surface area contributed by atoms with Crippen molar-refractivity contribution in [1.82, 2.24) is 9.88 Å². The molecule has 7 nitrogen and oxygen atoms in total. The molecule has 3 aromatic rings. The summed E-state index contributed by atoms with van der Waals surface area (Å²) >= 11 is 0. The Morgan fingerprint density at radius 2 is 1.59 bits per heavy atom. The minimum absolute atomic E-state index is 0.0123. The molecule has 174 valence electrons. The summed E-state index contributed by atoms with van der Waals surface area (Å²) in [5.41, 5.74) is 1.99. The third-order valence-electron chi connectivity index (χ3n) is 5.57. The zero-order valence-electron chi connectivity index (χ0n) is 19.3. The Kier molecular flexibility index (Phi) is 6.63. The van der Waals surface area contributed by atoms with Crippen LogP contribution in [-0.4, -0.2) is 39.9 Å². The lowest BCUT2D eigenvalue weighted by atomic mass is 9.95. The van der Waals surface area contributed by atoms with Gasteiger partial charge < -0.3 is 19.5 Å². The van der Waals surface area contributed by atoms with Crippen molar-refractivity contribution in [3.8, 4) is 11.5 Å². The highest BCUT2D eigenvalue weighted by molar-refractivity contribution is 6.46. The first-order chi connectivity index (χ1) is 16.4. The number of rotatable bonds is 7. The van der Waals surface area contributed by atoms with Crippen LogP contribution in [0.25, 0.3) is 5.76 Å². The smallest absolute Gasteiger partial charge is 0.295 e. The van der Waals surface area contributed by atoms with Gasteiger partial charge in [-0.05, 0) is 61.4 Å². The van der Waals surface area contributed by atoms with Crippen LogP contribution in [0.15, 0.2) is 78.6 Å². The molecule has 1 unspecified atom stereocenters. The number of carbonyl (C=O) groups excluding carboxylic acids is 2. The molecular formula is C27H26N2O5. The molecule has 1 fully saturated rings. The first kappa shape index (κ1) is 23.0. The number of ether oxygens (including phenoxy) is 2. The van der Waals surface area contributed by atoms with Gasteiger partial charge in [-0.25, -0.2) is 0 Å². The SMILES string of the molecule is COc1ccc(CN2C(=O)C(=O)/C(=C(\O)c3ccncc3)C2c2ccc(OC(C)C)cc2)cc1. The number of aliphatic hydroxyl groups excluding tert-OH is 1. The zero-order chi connectivity index (χ0) is 24.2. The van der Waals surface area contributed by atoms with Crippen molar-refractivity contribution in [2.24, 2.45) is 0 Å². The van der Waals surface area contributed by atoms with Gasteiger partial charge in [-0.1, -0.05) is 24.3 Å². The number of pyridine rings is 1. The highest BCUT2D eigenvalue weighted by atomic mass is 16.5. The number of carbonyl (C=O) groups is 2. The average molecular weight is 459 g/mol. The van der Waals surface area contributed by atoms with Crippen LogP contribution in [-0.2, 0) is 16.1 Å². The van der Waals surface area contributed by atoms with Crippen LogP contribution in [0.5, 0.6) is 11.5 Å². The Morgan fingerprint density at radius 1 is 0.971 bits per heavy atom. The number of aliphatic hydroxyl groups is 1. The molecule has 1 aliphatic rings. The second kappa shape index (κ2) is 9.79. The van der Waals surface area contributed by atoms with Crippen molar-refractivity contribution in [2.75, 3.05) is 7.11 Å². The molecule has 2 heterocycles. The van der Waals surface area contributed by atoms with Gasteiger partial charge in [0.15, 0.2) is 0 Å². The predicted octanol–water partition coefficient (Wildman–Crippen LogP) is 4.50. The van der Waals surface area contributed by atoms with Crippen LogP contribution in [0.2, 0.25) is 0 Å². The molecule has 4 rings (SSSR count). The molecule has 1 amide bonds. The van der Waals surface area contributed by atoms with E-state index in [9.17, 15) is 14.7 Å². The van der Waals surface area contributed by atoms with Gasteiger partial charge in [0.1, 0.15) is 17.3 Å². The average Bonchev–Trinajstić information content (AvgIpc) is 3.09. The number of Topliss-reactive ketones (excluding diaryl/α,β-unsaturated/α-hetero) is 1. The monoisotopic (exact) mass is 458 g/mol. The van der Waals surface area contributed by atoms with E-state index in [4.69, 9.17) is 9.47 Å². The molecular weight excluding hydrogens is 432 g/mol. The maximum absolute atomic E-state index is 13.1. The molecule has 1 N–H and O–H groups in total. The van der Waals surface area contributed by atoms with Crippen LogP contribution in [0.3, 0.4) is 0 Å². The van der Waals surface area contributed by atoms with E-state index in [-0.39, 0.29) is 24.0 Å². The minimum atomic E-state index is -0.761. The van der Waals surface area contributed by atoms with E-state index in [1.165, 1.54) is 17.3 Å². The van der Waals surface area contributed by atoms with Crippen molar-refractivity contribution in [2.45, 2.75) is 32.5 Å². The van der Waals surface area contributed by atoms with Gasteiger partial charge in [0.2, 0.25) is 0 Å². The van der Waals surface area contributed by atoms with Gasteiger partial charge >= 0.3 is 0 Å². The Balaban J connectivity index is 1.79. The molecule has 2 aromatic carbocycles. The van der Waals surface area contributed by atoms with Gasteiger partial charge in [-0.2, -0.15) is 0 Å². The Labute approximate surface area is 198 Å². The van der Waals surface area contributed by atoms with Crippen molar-refractivity contribution < 1.29 is 24.2 Å². The predicted molar refractivity (Wildman–Crippen MR) is 127 cm³/mol. The summed E-state index contributed by atoms with van der Waals surface area (Å²) in [4.78, 5) is 31.7. The number of likely N-dealkylation sites (tertiary alicyclic amines) is 1. The molecule has 1 atom stereocenters. The highest BCUT2D eigenvalue weighted by Crippen LogP contribution is 2.40. The molecule has 34 heavy (non-hydrogen) atoms. The highest BCUT2D eigenvalue weighted by Gasteiger charge is 2.46. The minimum Gasteiger partial charge on any atom is -0.507 e. The maximum atomic E-state index is 13.1. The lowest BCUT2D eigenvalue weighted by Crippen LogP contribution is -2.29. The molecule has 0 saturated carbocycles. The fourth-order valence-electron chi connectivity index (χ4n) is 3.98. The molecule has 1 saturated heterocycles. The topological polar surface area (TPSA) is 89.0 Å². The molecule has 7 heteroatoms. The summed E-state index contributed by atoms with van der Waals surface area (Å²) in [6.07, 6.45) is 3.06. The summed E-state index contributed by atoms with van der Waals surface area (Å²) in [5.74, 6) is -0.250.